The number of halogens is 2. The summed E-state index contributed by atoms with van der Waals surface area (Å²) in [6.07, 6.45) is 0.316. The smallest absolute Gasteiger partial charge is 0.261 e. The first-order valence-electron chi connectivity index (χ1n) is 9.40. The molecule has 2 aromatic carbocycles. The standard InChI is InChI=1S/C21H18Cl2N4O3S/c1-11-3-5-14(9-16(11)23)27-10-12(7-18(27)28)20-25-26-21(31-20)24-19(29)15-8-13(22)4-6-17(15)30-2/h3-6,8-9,12H,7,10H2,1-2H3,(H,24,26,29). The van der Waals surface area contributed by atoms with E-state index >= 15 is 0 Å². The second-order valence-corrected chi connectivity index (χ2v) is 8.94. The van der Waals surface area contributed by atoms with E-state index in [4.69, 9.17) is 27.9 Å². The van der Waals surface area contributed by atoms with Gasteiger partial charge >= 0.3 is 0 Å². The molecule has 0 aliphatic carbocycles. The average Bonchev–Trinajstić information content (AvgIpc) is 3.36. The molecule has 0 spiro atoms. The normalized spacial score (nSPS) is 15.9. The SMILES string of the molecule is COc1ccc(Cl)cc1C(=O)Nc1nnc(C2CC(=O)N(c3ccc(C)c(Cl)c3)C2)s1. The van der Waals surface area contributed by atoms with Gasteiger partial charge in [0.05, 0.1) is 12.7 Å². The van der Waals surface area contributed by atoms with Gasteiger partial charge in [0.2, 0.25) is 11.0 Å². The number of nitrogens with zero attached hydrogens (tertiary/aromatic N) is 3. The number of methoxy groups -OCH3 is 1. The van der Waals surface area contributed by atoms with Gasteiger partial charge in [0.25, 0.3) is 5.91 Å². The monoisotopic (exact) mass is 476 g/mol. The van der Waals surface area contributed by atoms with Crippen molar-refractivity contribution in [1.82, 2.24) is 10.2 Å². The van der Waals surface area contributed by atoms with Crippen LogP contribution in [0.3, 0.4) is 0 Å². The Morgan fingerprint density at radius 2 is 2.03 bits per heavy atom. The van der Waals surface area contributed by atoms with Crippen LogP contribution in [0, 0.1) is 6.92 Å². The second kappa shape index (κ2) is 8.82. The minimum Gasteiger partial charge on any atom is -0.496 e. The summed E-state index contributed by atoms with van der Waals surface area (Å²) in [7, 11) is 1.48. The van der Waals surface area contributed by atoms with Crippen molar-refractivity contribution < 1.29 is 14.3 Å². The number of carbonyl (C=O) groups excluding carboxylic acids is 2. The van der Waals surface area contributed by atoms with Crippen molar-refractivity contribution >= 4 is 57.2 Å². The molecule has 4 rings (SSSR count). The fraction of sp³-hybridized carbons (Fsp3) is 0.238. The van der Waals surface area contributed by atoms with Crippen LogP contribution in [-0.2, 0) is 4.79 Å². The van der Waals surface area contributed by atoms with E-state index in [0.29, 0.717) is 44.5 Å². The van der Waals surface area contributed by atoms with Gasteiger partial charge in [-0.3, -0.25) is 14.9 Å². The van der Waals surface area contributed by atoms with Gasteiger partial charge in [-0.15, -0.1) is 10.2 Å². The molecule has 160 valence electrons. The molecule has 1 unspecified atom stereocenters. The van der Waals surface area contributed by atoms with Crippen LogP contribution in [0.5, 0.6) is 5.75 Å². The van der Waals surface area contributed by atoms with E-state index in [9.17, 15) is 9.59 Å². The predicted molar refractivity (Wildman–Crippen MR) is 122 cm³/mol. The van der Waals surface area contributed by atoms with E-state index in [0.717, 1.165) is 11.3 Å². The van der Waals surface area contributed by atoms with Gasteiger partial charge < -0.3 is 9.64 Å². The van der Waals surface area contributed by atoms with Crippen molar-refractivity contribution in [3.8, 4) is 5.75 Å². The van der Waals surface area contributed by atoms with Crippen LogP contribution in [0.4, 0.5) is 10.8 Å². The Bertz CT molecular complexity index is 1170. The van der Waals surface area contributed by atoms with Gasteiger partial charge in [-0.1, -0.05) is 40.6 Å². The molecule has 0 bridgehead atoms. The molecule has 1 N–H and O–H groups in total. The minimum absolute atomic E-state index is 0.00521. The summed E-state index contributed by atoms with van der Waals surface area (Å²) in [5, 5.41) is 13.0. The lowest BCUT2D eigenvalue weighted by Gasteiger charge is -2.17. The fourth-order valence-electron chi connectivity index (χ4n) is 3.34. The zero-order valence-corrected chi connectivity index (χ0v) is 19.0. The number of anilines is 2. The number of hydrogen-bond acceptors (Lipinski definition) is 6. The van der Waals surface area contributed by atoms with Crippen LogP contribution in [0.2, 0.25) is 10.0 Å². The highest BCUT2D eigenvalue weighted by Crippen LogP contribution is 2.35. The van der Waals surface area contributed by atoms with Crippen LogP contribution in [0.25, 0.3) is 0 Å². The molecule has 31 heavy (non-hydrogen) atoms. The molecule has 2 amide bonds. The van der Waals surface area contributed by atoms with E-state index in [2.05, 4.69) is 15.5 Å². The van der Waals surface area contributed by atoms with Gasteiger partial charge in [-0.2, -0.15) is 0 Å². The summed E-state index contributed by atoms with van der Waals surface area (Å²) in [6, 6.07) is 10.4. The summed E-state index contributed by atoms with van der Waals surface area (Å²) < 4.78 is 5.22. The lowest BCUT2D eigenvalue weighted by atomic mass is 10.1. The van der Waals surface area contributed by atoms with E-state index in [-0.39, 0.29) is 11.8 Å². The Labute approximate surface area is 192 Å². The van der Waals surface area contributed by atoms with Crippen LogP contribution < -0.4 is 15.0 Å². The molecule has 1 fully saturated rings. The zero-order chi connectivity index (χ0) is 22.1. The van der Waals surface area contributed by atoms with E-state index in [1.807, 2.05) is 19.1 Å². The van der Waals surface area contributed by atoms with Crippen molar-refractivity contribution in [1.29, 1.82) is 0 Å². The van der Waals surface area contributed by atoms with Crippen molar-refractivity contribution in [2.75, 3.05) is 23.9 Å². The van der Waals surface area contributed by atoms with Gasteiger partial charge in [0, 0.05) is 34.6 Å². The Balaban J connectivity index is 1.48. The first-order chi connectivity index (χ1) is 14.9. The second-order valence-electron chi connectivity index (χ2n) is 7.08. The third-order valence-corrected chi connectivity index (χ3v) is 6.65. The Kier molecular flexibility index (Phi) is 6.13. The number of hydrogen-bond donors (Lipinski definition) is 1. The maximum atomic E-state index is 12.6. The molecular weight excluding hydrogens is 459 g/mol. The number of nitrogens with one attached hydrogen (secondary N) is 1. The summed E-state index contributed by atoms with van der Waals surface area (Å²) in [4.78, 5) is 26.9. The number of amides is 2. The summed E-state index contributed by atoms with van der Waals surface area (Å²) >= 11 is 13.5. The van der Waals surface area contributed by atoms with Crippen LogP contribution in [-0.4, -0.2) is 35.7 Å². The average molecular weight is 477 g/mol. The quantitative estimate of drug-likeness (QED) is 0.563. The Morgan fingerprint density at radius 3 is 2.77 bits per heavy atom. The first kappa shape index (κ1) is 21.5. The maximum absolute atomic E-state index is 12.6. The van der Waals surface area contributed by atoms with Crippen LogP contribution in [0.15, 0.2) is 36.4 Å². The molecule has 2 heterocycles. The molecule has 7 nitrogen and oxygen atoms in total. The highest BCUT2D eigenvalue weighted by atomic mass is 35.5. The Morgan fingerprint density at radius 1 is 1.23 bits per heavy atom. The molecule has 10 heteroatoms. The minimum atomic E-state index is -0.402. The number of ether oxygens (including phenoxy) is 1. The van der Waals surface area contributed by atoms with Gasteiger partial charge in [-0.05, 0) is 42.8 Å². The third kappa shape index (κ3) is 4.51. The summed E-state index contributed by atoms with van der Waals surface area (Å²) in [5.74, 6) is -0.119. The molecule has 1 aliphatic heterocycles. The lowest BCUT2D eigenvalue weighted by molar-refractivity contribution is -0.117. The van der Waals surface area contributed by atoms with E-state index in [1.165, 1.54) is 24.5 Å². The molecule has 1 atom stereocenters. The van der Waals surface area contributed by atoms with Crippen molar-refractivity contribution in [3.63, 3.8) is 0 Å². The molecule has 0 saturated carbocycles. The van der Waals surface area contributed by atoms with Crippen molar-refractivity contribution in [2.45, 2.75) is 19.3 Å². The fourth-order valence-corrected chi connectivity index (χ4v) is 4.52. The van der Waals surface area contributed by atoms with Gasteiger partial charge in [0.15, 0.2) is 0 Å². The first-order valence-corrected chi connectivity index (χ1v) is 11.0. The maximum Gasteiger partial charge on any atom is 0.261 e. The molecule has 1 saturated heterocycles. The molecular formula is C21H18Cl2N4O3S. The molecule has 0 radical (unpaired) electrons. The number of carbonyl (C=O) groups is 2. The third-order valence-electron chi connectivity index (χ3n) is 5.01. The number of aryl methyl sites for hydroxylation is 1. The van der Waals surface area contributed by atoms with Crippen LogP contribution >= 0.6 is 34.5 Å². The van der Waals surface area contributed by atoms with E-state index < -0.39 is 5.91 Å². The van der Waals surface area contributed by atoms with Crippen molar-refractivity contribution in [2.24, 2.45) is 0 Å². The highest BCUT2D eigenvalue weighted by molar-refractivity contribution is 7.15. The van der Waals surface area contributed by atoms with Crippen LogP contribution in [0.1, 0.15) is 33.3 Å². The van der Waals surface area contributed by atoms with E-state index in [1.54, 1.807) is 23.1 Å². The summed E-state index contributed by atoms with van der Waals surface area (Å²) in [5.41, 5.74) is 2.01. The number of benzene rings is 2. The topological polar surface area (TPSA) is 84.4 Å². The summed E-state index contributed by atoms with van der Waals surface area (Å²) in [6.45, 7) is 2.39. The number of rotatable bonds is 5. The predicted octanol–water partition coefficient (Wildman–Crippen LogP) is 4.93. The molecule has 1 aliphatic rings. The molecule has 1 aromatic heterocycles. The Hall–Kier alpha value is -2.68. The number of aromatic nitrogens is 2. The van der Waals surface area contributed by atoms with Gasteiger partial charge in [-0.25, -0.2) is 0 Å². The van der Waals surface area contributed by atoms with Gasteiger partial charge in [0.1, 0.15) is 10.8 Å². The zero-order valence-electron chi connectivity index (χ0n) is 16.7. The highest BCUT2D eigenvalue weighted by Gasteiger charge is 2.34. The molecule has 3 aromatic rings. The lowest BCUT2D eigenvalue weighted by Crippen LogP contribution is -2.24. The van der Waals surface area contributed by atoms with Crippen molar-refractivity contribution in [3.05, 3.63) is 62.6 Å². The largest absolute Gasteiger partial charge is 0.496 e.